The number of carbonyl (C=O) groups excluding carboxylic acids is 1. The lowest BCUT2D eigenvalue weighted by atomic mass is 10.1. The molecule has 0 aliphatic carbocycles. The molecule has 0 spiro atoms. The minimum atomic E-state index is -0.432. The molecule has 0 unspecified atom stereocenters. The summed E-state index contributed by atoms with van der Waals surface area (Å²) in [6, 6.07) is 8.34. The lowest BCUT2D eigenvalue weighted by Crippen LogP contribution is -1.91. The van der Waals surface area contributed by atoms with Crippen LogP contribution in [-0.2, 0) is 0 Å². The van der Waals surface area contributed by atoms with E-state index in [0.29, 0.717) is 11.3 Å². The van der Waals surface area contributed by atoms with Crippen LogP contribution in [0.3, 0.4) is 0 Å². The first-order chi connectivity index (χ1) is 7.16. The van der Waals surface area contributed by atoms with Gasteiger partial charge in [0.25, 0.3) is 0 Å². The Bertz CT molecular complexity index is 551. The van der Waals surface area contributed by atoms with Crippen molar-refractivity contribution in [3.05, 3.63) is 46.3 Å². The van der Waals surface area contributed by atoms with Gasteiger partial charge in [-0.2, -0.15) is 0 Å². The lowest BCUT2D eigenvalue weighted by molar-refractivity contribution is 0.101. The maximum Gasteiger partial charge on any atom is 0.357 e. The Morgan fingerprint density at radius 3 is 2.73 bits per heavy atom. The first-order valence-electron chi connectivity index (χ1n) is 4.47. The predicted octanol–water partition coefficient (Wildman–Crippen LogP) is 1.84. The van der Waals surface area contributed by atoms with Crippen molar-refractivity contribution in [2.45, 2.75) is 6.92 Å². The van der Waals surface area contributed by atoms with E-state index in [4.69, 9.17) is 0 Å². The van der Waals surface area contributed by atoms with Crippen molar-refractivity contribution >= 4 is 5.78 Å². The van der Waals surface area contributed by atoms with Gasteiger partial charge in [-0.1, -0.05) is 18.2 Å². The minimum absolute atomic E-state index is 0.0114. The molecule has 1 aromatic carbocycles. The molecule has 0 atom stereocenters. The standard InChI is InChI=1S/C11H9NO3/c1-7(13)8-3-2-4-9(5-8)10-6-11(14)15-12-10/h2-6,12H,1H3. The van der Waals surface area contributed by atoms with Crippen molar-refractivity contribution in [1.29, 1.82) is 0 Å². The average Bonchev–Trinajstić information content (AvgIpc) is 2.65. The van der Waals surface area contributed by atoms with Crippen LogP contribution < -0.4 is 5.63 Å². The van der Waals surface area contributed by atoms with Gasteiger partial charge in [0.2, 0.25) is 0 Å². The molecule has 0 saturated heterocycles. The molecule has 4 nitrogen and oxygen atoms in total. The van der Waals surface area contributed by atoms with Gasteiger partial charge in [0, 0.05) is 11.1 Å². The Morgan fingerprint density at radius 1 is 1.33 bits per heavy atom. The first kappa shape index (κ1) is 9.45. The van der Waals surface area contributed by atoms with Crippen LogP contribution in [0.15, 0.2) is 39.6 Å². The summed E-state index contributed by atoms with van der Waals surface area (Å²) in [5.74, 6) is -0.0114. The van der Waals surface area contributed by atoms with E-state index in [-0.39, 0.29) is 5.78 Å². The molecule has 0 radical (unpaired) electrons. The molecule has 76 valence electrons. The average molecular weight is 203 g/mol. The van der Waals surface area contributed by atoms with Gasteiger partial charge >= 0.3 is 5.63 Å². The smallest absolute Gasteiger partial charge is 0.339 e. The van der Waals surface area contributed by atoms with Crippen LogP contribution in [0.5, 0.6) is 0 Å². The van der Waals surface area contributed by atoms with Crippen molar-refractivity contribution in [1.82, 2.24) is 5.16 Å². The van der Waals surface area contributed by atoms with E-state index in [1.54, 1.807) is 24.3 Å². The zero-order valence-electron chi connectivity index (χ0n) is 8.11. The number of rotatable bonds is 2. The quantitative estimate of drug-likeness (QED) is 0.757. The molecule has 0 fully saturated rings. The highest BCUT2D eigenvalue weighted by Gasteiger charge is 2.04. The third kappa shape index (κ3) is 1.88. The molecular formula is C11H9NO3. The van der Waals surface area contributed by atoms with Crippen LogP contribution >= 0.6 is 0 Å². The monoisotopic (exact) mass is 203 g/mol. The van der Waals surface area contributed by atoms with Crippen molar-refractivity contribution in [2.75, 3.05) is 0 Å². The summed E-state index contributed by atoms with van der Waals surface area (Å²) in [5, 5.41) is 2.49. The Balaban J connectivity index is 2.49. The van der Waals surface area contributed by atoms with Gasteiger partial charge in [0.1, 0.15) is 0 Å². The fourth-order valence-corrected chi connectivity index (χ4v) is 1.33. The van der Waals surface area contributed by atoms with Crippen molar-refractivity contribution in [3.8, 4) is 11.3 Å². The van der Waals surface area contributed by atoms with Crippen molar-refractivity contribution in [3.63, 3.8) is 0 Å². The molecule has 0 amide bonds. The van der Waals surface area contributed by atoms with Crippen LogP contribution in [0.4, 0.5) is 0 Å². The number of ketones is 1. The number of aromatic nitrogens is 1. The molecule has 0 aliphatic rings. The molecule has 1 heterocycles. The zero-order valence-corrected chi connectivity index (χ0v) is 8.11. The summed E-state index contributed by atoms with van der Waals surface area (Å²) in [5.41, 5.74) is 1.50. The SMILES string of the molecule is CC(=O)c1cccc(-c2cc(=O)o[nH]2)c1. The van der Waals surface area contributed by atoms with E-state index in [0.717, 1.165) is 5.56 Å². The number of hydrogen-bond donors (Lipinski definition) is 1. The molecule has 0 aliphatic heterocycles. The lowest BCUT2D eigenvalue weighted by Gasteiger charge is -1.98. The minimum Gasteiger partial charge on any atom is -0.339 e. The second-order valence-corrected chi connectivity index (χ2v) is 3.22. The first-order valence-corrected chi connectivity index (χ1v) is 4.47. The fourth-order valence-electron chi connectivity index (χ4n) is 1.33. The van der Waals surface area contributed by atoms with E-state index >= 15 is 0 Å². The third-order valence-electron chi connectivity index (χ3n) is 2.10. The van der Waals surface area contributed by atoms with Gasteiger partial charge in [-0.15, -0.1) is 0 Å². The second-order valence-electron chi connectivity index (χ2n) is 3.22. The molecule has 1 aromatic heterocycles. The summed E-state index contributed by atoms with van der Waals surface area (Å²) in [6.45, 7) is 1.50. The molecule has 0 saturated carbocycles. The number of carbonyl (C=O) groups is 1. The second kappa shape index (κ2) is 3.57. The van der Waals surface area contributed by atoms with Crippen LogP contribution in [0.25, 0.3) is 11.3 Å². The van der Waals surface area contributed by atoms with Crippen LogP contribution in [0.1, 0.15) is 17.3 Å². The molecule has 2 aromatic rings. The summed E-state index contributed by atoms with van der Waals surface area (Å²) < 4.78 is 4.55. The third-order valence-corrected chi connectivity index (χ3v) is 2.10. The van der Waals surface area contributed by atoms with E-state index in [1.165, 1.54) is 13.0 Å². The Hall–Kier alpha value is -2.10. The number of hydrogen-bond acceptors (Lipinski definition) is 3. The van der Waals surface area contributed by atoms with Gasteiger partial charge in [-0.25, -0.2) is 9.95 Å². The maximum absolute atomic E-state index is 11.1. The van der Waals surface area contributed by atoms with Crippen LogP contribution in [-0.4, -0.2) is 10.9 Å². The Morgan fingerprint density at radius 2 is 2.13 bits per heavy atom. The highest BCUT2D eigenvalue weighted by atomic mass is 16.5. The van der Waals surface area contributed by atoms with Crippen molar-refractivity contribution in [2.24, 2.45) is 0 Å². The number of H-pyrrole nitrogens is 1. The molecule has 4 heteroatoms. The molecule has 1 N–H and O–H groups in total. The van der Waals surface area contributed by atoms with Gasteiger partial charge < -0.3 is 4.52 Å². The van der Waals surface area contributed by atoms with Gasteiger partial charge in [-0.3, -0.25) is 4.79 Å². The topological polar surface area (TPSA) is 63.1 Å². The number of Topliss-reactive ketones (excluding diaryl/α,β-unsaturated/α-hetero) is 1. The van der Waals surface area contributed by atoms with Gasteiger partial charge in [0.05, 0.1) is 11.8 Å². The van der Waals surface area contributed by atoms with Crippen LogP contribution in [0, 0.1) is 0 Å². The summed E-state index contributed by atoms with van der Waals surface area (Å²) in [6.07, 6.45) is 0. The summed E-state index contributed by atoms with van der Waals surface area (Å²) in [7, 11) is 0. The summed E-state index contributed by atoms with van der Waals surface area (Å²) in [4.78, 5) is 22.0. The van der Waals surface area contributed by atoms with Gasteiger partial charge in [0.15, 0.2) is 5.78 Å². The van der Waals surface area contributed by atoms with E-state index < -0.39 is 5.63 Å². The van der Waals surface area contributed by atoms with E-state index in [1.807, 2.05) is 0 Å². The molecule has 0 bridgehead atoms. The highest BCUT2D eigenvalue weighted by Crippen LogP contribution is 2.16. The number of aromatic amines is 1. The number of nitrogens with one attached hydrogen (secondary N) is 1. The van der Waals surface area contributed by atoms with Crippen LogP contribution in [0.2, 0.25) is 0 Å². The maximum atomic E-state index is 11.1. The largest absolute Gasteiger partial charge is 0.357 e. The molecule has 2 rings (SSSR count). The fraction of sp³-hybridized carbons (Fsp3) is 0.0909. The van der Waals surface area contributed by atoms with E-state index in [2.05, 4.69) is 9.68 Å². The molecular weight excluding hydrogens is 194 g/mol. The Labute approximate surface area is 85.5 Å². The summed E-state index contributed by atoms with van der Waals surface area (Å²) >= 11 is 0. The number of benzene rings is 1. The van der Waals surface area contributed by atoms with E-state index in [9.17, 15) is 9.59 Å². The molecule has 15 heavy (non-hydrogen) atoms. The van der Waals surface area contributed by atoms with Crippen molar-refractivity contribution < 1.29 is 9.32 Å². The Kier molecular flexibility index (Phi) is 2.25. The zero-order chi connectivity index (χ0) is 10.8. The predicted molar refractivity (Wildman–Crippen MR) is 54.8 cm³/mol. The highest BCUT2D eigenvalue weighted by molar-refractivity contribution is 5.95. The normalized spacial score (nSPS) is 10.2. The van der Waals surface area contributed by atoms with Gasteiger partial charge in [-0.05, 0) is 13.0 Å².